The Bertz CT molecular complexity index is 705. The molecule has 1 atom stereocenters. The number of hydrogen-bond acceptors (Lipinski definition) is 4. The molecule has 0 aliphatic rings. The molecule has 2 rings (SSSR count). The van der Waals surface area contributed by atoms with Crippen LogP contribution in [0.3, 0.4) is 0 Å². The van der Waals surface area contributed by atoms with Gasteiger partial charge in [-0.05, 0) is 31.2 Å². The van der Waals surface area contributed by atoms with Gasteiger partial charge in [0.05, 0.1) is 5.69 Å². The fraction of sp³-hybridized carbons (Fsp3) is 0.308. The van der Waals surface area contributed by atoms with Crippen molar-refractivity contribution in [3.8, 4) is 5.69 Å². The van der Waals surface area contributed by atoms with E-state index in [-0.39, 0.29) is 24.6 Å². The van der Waals surface area contributed by atoms with Crippen LogP contribution in [0, 0.1) is 0 Å². The molecule has 1 aromatic heterocycles. The van der Waals surface area contributed by atoms with Crippen LogP contribution in [0.1, 0.15) is 23.1 Å². The Kier molecular flexibility index (Phi) is 6.76. The second kappa shape index (κ2) is 7.95. The van der Waals surface area contributed by atoms with Gasteiger partial charge in [-0.15, -0.1) is 17.5 Å². The number of nitrogens with one attached hydrogen (secondary N) is 1. The van der Waals surface area contributed by atoms with Crippen LogP contribution in [-0.2, 0) is 6.18 Å². The monoisotopic (exact) mass is 427 g/mol. The number of hydrogen-bond donors (Lipinski definition) is 2. The zero-order chi connectivity index (χ0) is 17.2. The number of halogens is 5. The molecule has 24 heavy (non-hydrogen) atoms. The second-order valence-electron chi connectivity index (χ2n) is 4.78. The van der Waals surface area contributed by atoms with Crippen molar-refractivity contribution in [3.05, 3.63) is 40.1 Å². The number of carbonyl (C=O) groups is 1. The number of carbonyl (C=O) groups excluding carboxylic acids is 1. The fourth-order valence-electron chi connectivity index (χ4n) is 1.80. The molecule has 1 heterocycles. The summed E-state index contributed by atoms with van der Waals surface area (Å²) >= 11 is 3.20. The molecular weight excluding hydrogens is 415 g/mol. The number of amides is 1. The summed E-state index contributed by atoms with van der Waals surface area (Å²) in [5, 5.41) is 9.22. The third-order valence-electron chi connectivity index (χ3n) is 2.96. The average molecular weight is 429 g/mol. The molecule has 3 N–H and O–H groups in total. The summed E-state index contributed by atoms with van der Waals surface area (Å²) in [5.74, 6) is -0.973. The van der Waals surface area contributed by atoms with Crippen molar-refractivity contribution in [3.63, 3.8) is 0 Å². The Hall–Kier alpha value is -1.65. The summed E-state index contributed by atoms with van der Waals surface area (Å²) < 4.78 is 41.4. The van der Waals surface area contributed by atoms with Gasteiger partial charge in [-0.1, -0.05) is 21.1 Å². The first-order valence-corrected chi connectivity index (χ1v) is 7.33. The number of rotatable bonds is 4. The third-order valence-corrected chi connectivity index (χ3v) is 3.48. The molecule has 0 fully saturated rings. The van der Waals surface area contributed by atoms with Crippen molar-refractivity contribution in [2.75, 3.05) is 6.54 Å². The van der Waals surface area contributed by atoms with E-state index in [1.807, 2.05) is 0 Å². The van der Waals surface area contributed by atoms with Gasteiger partial charge in [0.15, 0.2) is 11.4 Å². The molecule has 0 unspecified atom stereocenters. The molecule has 1 amide bonds. The molecule has 2 aromatic rings. The summed E-state index contributed by atoms with van der Waals surface area (Å²) in [7, 11) is 0. The minimum Gasteiger partial charge on any atom is -0.347 e. The van der Waals surface area contributed by atoms with Crippen LogP contribution < -0.4 is 11.1 Å². The van der Waals surface area contributed by atoms with Crippen LogP contribution in [-0.4, -0.2) is 33.5 Å². The van der Waals surface area contributed by atoms with Crippen molar-refractivity contribution in [2.24, 2.45) is 5.73 Å². The van der Waals surface area contributed by atoms with E-state index >= 15 is 0 Å². The summed E-state index contributed by atoms with van der Waals surface area (Å²) in [6.45, 7) is 1.66. The predicted octanol–water partition coefficient (Wildman–Crippen LogP) is 2.55. The van der Waals surface area contributed by atoms with Crippen LogP contribution in [0.15, 0.2) is 28.7 Å². The third kappa shape index (κ3) is 4.46. The van der Waals surface area contributed by atoms with E-state index in [0.29, 0.717) is 9.15 Å². The first kappa shape index (κ1) is 20.4. The number of aromatic nitrogens is 3. The van der Waals surface area contributed by atoms with Crippen molar-refractivity contribution in [1.82, 2.24) is 20.3 Å². The van der Waals surface area contributed by atoms with E-state index in [9.17, 15) is 18.0 Å². The van der Waals surface area contributed by atoms with Gasteiger partial charge in [0, 0.05) is 17.1 Å². The van der Waals surface area contributed by atoms with Crippen molar-refractivity contribution in [2.45, 2.75) is 19.1 Å². The lowest BCUT2D eigenvalue weighted by molar-refractivity contribution is -0.143. The van der Waals surface area contributed by atoms with Crippen LogP contribution in [0.25, 0.3) is 5.69 Å². The molecule has 0 saturated carbocycles. The van der Waals surface area contributed by atoms with Gasteiger partial charge in [0.2, 0.25) is 0 Å². The molecule has 0 saturated heterocycles. The van der Waals surface area contributed by atoms with E-state index in [2.05, 4.69) is 31.6 Å². The highest BCUT2D eigenvalue weighted by atomic mass is 79.9. The maximum Gasteiger partial charge on any atom is 0.435 e. The highest BCUT2D eigenvalue weighted by Gasteiger charge is 2.42. The zero-order valence-corrected chi connectivity index (χ0v) is 14.7. The maximum atomic E-state index is 13.4. The molecule has 0 aliphatic carbocycles. The van der Waals surface area contributed by atoms with E-state index in [1.165, 1.54) is 12.1 Å². The Morgan fingerprint density at radius 2 is 1.96 bits per heavy atom. The molecule has 0 aliphatic heterocycles. The van der Waals surface area contributed by atoms with Crippen molar-refractivity contribution >= 4 is 34.2 Å². The highest BCUT2D eigenvalue weighted by molar-refractivity contribution is 9.10. The average Bonchev–Trinajstić information content (AvgIpc) is 2.93. The van der Waals surface area contributed by atoms with Crippen LogP contribution in [0.5, 0.6) is 0 Å². The number of alkyl halides is 3. The van der Waals surface area contributed by atoms with Gasteiger partial charge in [0.1, 0.15) is 0 Å². The first-order chi connectivity index (χ1) is 10.7. The number of nitrogens with two attached hydrogens (primary N) is 1. The van der Waals surface area contributed by atoms with Gasteiger partial charge in [0.25, 0.3) is 5.91 Å². The summed E-state index contributed by atoms with van der Waals surface area (Å²) in [6, 6.07) is 5.50. The standard InChI is InChI=1S/C13H13BrF3N5O.ClH/c1-7(6-18)19-12(23)10-11(13(15,16)17)22(21-20-10)9-4-2-8(14)3-5-9;/h2-5,7H,6,18H2,1H3,(H,19,23);1H/t7-;/m0./s1. The minimum absolute atomic E-state index is 0. The zero-order valence-electron chi connectivity index (χ0n) is 12.3. The lowest BCUT2D eigenvalue weighted by Crippen LogP contribution is -2.38. The van der Waals surface area contributed by atoms with Gasteiger partial charge in [-0.2, -0.15) is 13.2 Å². The van der Waals surface area contributed by atoms with Crippen molar-refractivity contribution < 1.29 is 18.0 Å². The quantitative estimate of drug-likeness (QED) is 0.784. The maximum absolute atomic E-state index is 13.4. The Morgan fingerprint density at radius 1 is 1.38 bits per heavy atom. The highest BCUT2D eigenvalue weighted by Crippen LogP contribution is 2.32. The predicted molar refractivity (Wildman–Crippen MR) is 87.3 cm³/mol. The molecule has 1 aromatic carbocycles. The van der Waals surface area contributed by atoms with E-state index in [0.717, 1.165) is 0 Å². The molecule has 6 nitrogen and oxygen atoms in total. The van der Waals surface area contributed by atoms with E-state index < -0.39 is 29.5 Å². The van der Waals surface area contributed by atoms with Gasteiger partial charge in [-0.25, -0.2) is 4.68 Å². The van der Waals surface area contributed by atoms with Gasteiger partial charge >= 0.3 is 6.18 Å². The van der Waals surface area contributed by atoms with Crippen LogP contribution in [0.4, 0.5) is 13.2 Å². The smallest absolute Gasteiger partial charge is 0.347 e. The summed E-state index contributed by atoms with van der Waals surface area (Å²) in [6.07, 6.45) is -4.80. The number of benzene rings is 1. The molecule has 0 spiro atoms. The first-order valence-electron chi connectivity index (χ1n) is 6.53. The second-order valence-corrected chi connectivity index (χ2v) is 5.70. The van der Waals surface area contributed by atoms with Crippen LogP contribution >= 0.6 is 28.3 Å². The molecule has 0 bridgehead atoms. The number of nitrogens with zero attached hydrogens (tertiary/aromatic N) is 3. The normalized spacial score (nSPS) is 12.4. The summed E-state index contributed by atoms with van der Waals surface area (Å²) in [5.41, 5.74) is 3.46. The summed E-state index contributed by atoms with van der Waals surface area (Å²) in [4.78, 5) is 12.0. The van der Waals surface area contributed by atoms with E-state index in [1.54, 1.807) is 19.1 Å². The lowest BCUT2D eigenvalue weighted by atomic mass is 10.2. The lowest BCUT2D eigenvalue weighted by Gasteiger charge is -2.13. The largest absolute Gasteiger partial charge is 0.435 e. The van der Waals surface area contributed by atoms with Gasteiger partial charge < -0.3 is 11.1 Å². The minimum atomic E-state index is -4.80. The SMILES string of the molecule is C[C@@H](CN)NC(=O)c1nnn(-c2ccc(Br)cc2)c1C(F)(F)F.Cl. The Morgan fingerprint density at radius 3 is 2.46 bits per heavy atom. The molecule has 11 heteroatoms. The fourth-order valence-corrected chi connectivity index (χ4v) is 2.07. The molecular formula is C13H14BrClF3N5O. The van der Waals surface area contributed by atoms with Gasteiger partial charge in [-0.3, -0.25) is 4.79 Å². The topological polar surface area (TPSA) is 85.8 Å². The Balaban J connectivity index is 0.00000288. The Labute approximate surface area is 150 Å². The molecule has 0 radical (unpaired) electrons. The molecule has 132 valence electrons. The van der Waals surface area contributed by atoms with Crippen molar-refractivity contribution in [1.29, 1.82) is 0 Å². The van der Waals surface area contributed by atoms with E-state index in [4.69, 9.17) is 5.73 Å². The van der Waals surface area contributed by atoms with Crippen LogP contribution in [0.2, 0.25) is 0 Å².